The van der Waals surface area contributed by atoms with Gasteiger partial charge in [-0.05, 0) is 24.4 Å². The summed E-state index contributed by atoms with van der Waals surface area (Å²) in [6, 6.07) is 7.34. The Hall–Kier alpha value is -1.61. The van der Waals surface area contributed by atoms with Crippen LogP contribution in [-0.4, -0.2) is 17.9 Å². The molecule has 0 unspecified atom stereocenters. The topological polar surface area (TPSA) is 42.0 Å². The molecule has 0 spiro atoms. The van der Waals surface area contributed by atoms with Gasteiger partial charge in [0.2, 0.25) is 0 Å². The molecule has 0 aliphatic heterocycles. The smallest absolute Gasteiger partial charge is 0.269 e. The third-order valence-corrected chi connectivity index (χ3v) is 2.76. The summed E-state index contributed by atoms with van der Waals surface area (Å²) in [6.45, 7) is 1.85. The van der Waals surface area contributed by atoms with Gasteiger partial charge in [0, 0.05) is 18.1 Å². The van der Waals surface area contributed by atoms with E-state index in [-0.39, 0.29) is 5.91 Å². The van der Waals surface area contributed by atoms with Gasteiger partial charge in [0.25, 0.3) is 5.91 Å². The molecule has 2 aromatic rings. The molecule has 0 aliphatic rings. The Morgan fingerprint density at radius 1 is 1.44 bits per heavy atom. The van der Waals surface area contributed by atoms with Crippen LogP contribution in [0.2, 0.25) is 5.02 Å². The summed E-state index contributed by atoms with van der Waals surface area (Å²) < 4.78 is 0. The van der Waals surface area contributed by atoms with Crippen molar-refractivity contribution < 1.29 is 4.79 Å². The van der Waals surface area contributed by atoms with Gasteiger partial charge < -0.3 is 5.32 Å². The Labute approximate surface area is 98.4 Å². The van der Waals surface area contributed by atoms with E-state index in [9.17, 15) is 4.79 Å². The third-order valence-electron chi connectivity index (χ3n) is 2.45. The van der Waals surface area contributed by atoms with Crippen LogP contribution in [0.4, 0.5) is 0 Å². The summed E-state index contributed by atoms with van der Waals surface area (Å²) >= 11 is 6.09. The molecule has 0 bridgehead atoms. The van der Waals surface area contributed by atoms with Crippen LogP contribution in [-0.2, 0) is 0 Å². The highest BCUT2D eigenvalue weighted by atomic mass is 35.5. The molecule has 0 radical (unpaired) electrons. The first-order valence-corrected chi connectivity index (χ1v) is 5.29. The van der Waals surface area contributed by atoms with Gasteiger partial charge in [-0.25, -0.2) is 4.98 Å². The van der Waals surface area contributed by atoms with E-state index in [1.165, 1.54) is 0 Å². The molecule has 0 saturated carbocycles. The largest absolute Gasteiger partial charge is 0.354 e. The fourth-order valence-electron chi connectivity index (χ4n) is 1.70. The predicted molar refractivity (Wildman–Crippen MR) is 64.9 cm³/mol. The van der Waals surface area contributed by atoms with Gasteiger partial charge in [-0.3, -0.25) is 4.79 Å². The number of hydrogen-bond acceptors (Lipinski definition) is 2. The van der Waals surface area contributed by atoms with Crippen LogP contribution < -0.4 is 5.32 Å². The molecule has 1 aromatic heterocycles. The van der Waals surface area contributed by atoms with Gasteiger partial charge in [-0.2, -0.15) is 0 Å². The van der Waals surface area contributed by atoms with Gasteiger partial charge in [-0.1, -0.05) is 23.7 Å². The van der Waals surface area contributed by atoms with Crippen LogP contribution in [0, 0.1) is 6.92 Å². The molecule has 1 amide bonds. The molecule has 1 aromatic carbocycles. The van der Waals surface area contributed by atoms with Crippen LogP contribution in [0.3, 0.4) is 0 Å². The van der Waals surface area contributed by atoms with Gasteiger partial charge >= 0.3 is 0 Å². The van der Waals surface area contributed by atoms with E-state index in [4.69, 9.17) is 11.6 Å². The zero-order valence-electron chi connectivity index (χ0n) is 9.04. The summed E-state index contributed by atoms with van der Waals surface area (Å²) in [5.74, 6) is -0.190. The Morgan fingerprint density at radius 3 is 2.88 bits per heavy atom. The molecule has 0 saturated heterocycles. The first-order chi connectivity index (χ1) is 7.63. The molecule has 82 valence electrons. The highest BCUT2D eigenvalue weighted by molar-refractivity contribution is 6.35. The van der Waals surface area contributed by atoms with E-state index in [2.05, 4.69) is 10.3 Å². The number of benzene rings is 1. The molecule has 1 N–H and O–H groups in total. The average molecular weight is 235 g/mol. The fraction of sp³-hybridized carbons (Fsp3) is 0.167. The van der Waals surface area contributed by atoms with Gasteiger partial charge in [0.15, 0.2) is 0 Å². The molecule has 1 heterocycles. The highest BCUT2D eigenvalue weighted by Gasteiger charge is 2.10. The summed E-state index contributed by atoms with van der Waals surface area (Å²) in [7, 11) is 1.58. The molecule has 0 atom stereocenters. The third kappa shape index (κ3) is 1.74. The van der Waals surface area contributed by atoms with Gasteiger partial charge in [0.1, 0.15) is 5.69 Å². The number of rotatable bonds is 1. The predicted octanol–water partition coefficient (Wildman–Crippen LogP) is 2.56. The van der Waals surface area contributed by atoms with Crippen molar-refractivity contribution in [3.63, 3.8) is 0 Å². The number of aryl methyl sites for hydroxylation is 1. The molecule has 4 heteroatoms. The Kier molecular flexibility index (Phi) is 2.79. The molecule has 0 fully saturated rings. The number of amides is 1. The van der Waals surface area contributed by atoms with E-state index in [0.717, 1.165) is 16.5 Å². The number of carbonyl (C=O) groups excluding carboxylic acids is 1. The van der Waals surface area contributed by atoms with Crippen molar-refractivity contribution >= 4 is 28.3 Å². The van der Waals surface area contributed by atoms with Crippen LogP contribution in [0.15, 0.2) is 24.3 Å². The van der Waals surface area contributed by atoms with E-state index < -0.39 is 0 Å². The number of nitrogens with zero attached hydrogens (tertiary/aromatic N) is 1. The lowest BCUT2D eigenvalue weighted by atomic mass is 10.1. The Bertz CT molecular complexity index is 566. The lowest BCUT2D eigenvalue weighted by Gasteiger charge is -2.06. The first-order valence-electron chi connectivity index (χ1n) is 4.91. The molecule has 0 aliphatic carbocycles. The highest BCUT2D eigenvalue weighted by Crippen LogP contribution is 2.25. The standard InChI is InChI=1S/C12H11ClN2O/c1-7-11-8(4-3-5-9(11)13)6-10(15-7)12(16)14-2/h3-6H,1-2H3,(H,14,16). The van der Waals surface area contributed by atoms with Crippen molar-refractivity contribution in [2.45, 2.75) is 6.92 Å². The monoisotopic (exact) mass is 234 g/mol. The summed E-state index contributed by atoms with van der Waals surface area (Å²) in [6.07, 6.45) is 0. The number of halogens is 1. The van der Waals surface area contributed by atoms with Crippen LogP contribution in [0.25, 0.3) is 10.8 Å². The van der Waals surface area contributed by atoms with Crippen molar-refractivity contribution in [1.29, 1.82) is 0 Å². The molecule has 16 heavy (non-hydrogen) atoms. The second kappa shape index (κ2) is 4.10. The number of fused-ring (bicyclic) bond motifs is 1. The minimum atomic E-state index is -0.190. The minimum Gasteiger partial charge on any atom is -0.354 e. The van der Waals surface area contributed by atoms with Crippen molar-refractivity contribution in [2.24, 2.45) is 0 Å². The number of hydrogen-bond donors (Lipinski definition) is 1. The molecule has 3 nitrogen and oxygen atoms in total. The minimum absolute atomic E-state index is 0.190. The molecule has 2 rings (SSSR count). The van der Waals surface area contributed by atoms with E-state index >= 15 is 0 Å². The zero-order valence-corrected chi connectivity index (χ0v) is 9.80. The Morgan fingerprint density at radius 2 is 2.19 bits per heavy atom. The number of carbonyl (C=O) groups is 1. The average Bonchev–Trinajstić information content (AvgIpc) is 2.27. The SMILES string of the molecule is CNC(=O)c1cc2cccc(Cl)c2c(C)n1. The number of nitrogens with one attached hydrogen (secondary N) is 1. The van der Waals surface area contributed by atoms with Crippen molar-refractivity contribution in [3.8, 4) is 0 Å². The van der Waals surface area contributed by atoms with E-state index in [1.54, 1.807) is 13.1 Å². The van der Waals surface area contributed by atoms with Gasteiger partial charge in [0.05, 0.1) is 5.02 Å². The van der Waals surface area contributed by atoms with Crippen LogP contribution in [0.1, 0.15) is 16.2 Å². The van der Waals surface area contributed by atoms with Crippen LogP contribution in [0.5, 0.6) is 0 Å². The number of pyridine rings is 1. The summed E-state index contributed by atoms with van der Waals surface area (Å²) in [5.41, 5.74) is 1.18. The Balaban J connectivity index is 2.73. The van der Waals surface area contributed by atoms with Crippen molar-refractivity contribution in [1.82, 2.24) is 10.3 Å². The van der Waals surface area contributed by atoms with Crippen molar-refractivity contribution in [2.75, 3.05) is 7.05 Å². The second-order valence-electron chi connectivity index (χ2n) is 3.51. The first kappa shape index (κ1) is 10.9. The van der Waals surface area contributed by atoms with Crippen molar-refractivity contribution in [3.05, 3.63) is 40.7 Å². The molecular formula is C12H11ClN2O. The lowest BCUT2D eigenvalue weighted by Crippen LogP contribution is -2.19. The second-order valence-corrected chi connectivity index (χ2v) is 3.92. The normalized spacial score (nSPS) is 10.4. The summed E-state index contributed by atoms with van der Waals surface area (Å²) in [5, 5.41) is 5.04. The maximum atomic E-state index is 11.5. The number of aromatic nitrogens is 1. The van der Waals surface area contributed by atoms with E-state index in [1.807, 2.05) is 25.1 Å². The maximum absolute atomic E-state index is 11.5. The zero-order chi connectivity index (χ0) is 11.7. The quantitative estimate of drug-likeness (QED) is 0.824. The van der Waals surface area contributed by atoms with Gasteiger partial charge in [-0.15, -0.1) is 0 Å². The van der Waals surface area contributed by atoms with E-state index in [0.29, 0.717) is 10.7 Å². The lowest BCUT2D eigenvalue weighted by molar-refractivity contribution is 0.0958. The fourth-order valence-corrected chi connectivity index (χ4v) is 2.02. The summed E-state index contributed by atoms with van der Waals surface area (Å²) in [4.78, 5) is 15.7. The maximum Gasteiger partial charge on any atom is 0.269 e. The van der Waals surface area contributed by atoms with Crippen LogP contribution >= 0.6 is 11.6 Å². The molecular weight excluding hydrogens is 224 g/mol.